The molecule has 0 spiro atoms. The zero-order chi connectivity index (χ0) is 14.7. The number of anilines is 2. The molecular formula is C18H23N3. The van der Waals surface area contributed by atoms with E-state index in [1.54, 1.807) is 0 Å². The van der Waals surface area contributed by atoms with Gasteiger partial charge in [-0.2, -0.15) is 0 Å². The summed E-state index contributed by atoms with van der Waals surface area (Å²) >= 11 is 0. The zero-order valence-electron chi connectivity index (χ0n) is 12.6. The van der Waals surface area contributed by atoms with E-state index in [1.807, 2.05) is 0 Å². The van der Waals surface area contributed by atoms with E-state index in [9.17, 15) is 0 Å². The van der Waals surface area contributed by atoms with Crippen LogP contribution in [-0.4, -0.2) is 26.2 Å². The molecule has 0 unspecified atom stereocenters. The van der Waals surface area contributed by atoms with Crippen LogP contribution >= 0.6 is 0 Å². The van der Waals surface area contributed by atoms with Crippen LogP contribution in [0.25, 0.3) is 0 Å². The molecule has 0 aliphatic carbocycles. The number of hydrogen-bond acceptors (Lipinski definition) is 3. The second-order valence-corrected chi connectivity index (χ2v) is 5.60. The van der Waals surface area contributed by atoms with Gasteiger partial charge in [0.05, 0.1) is 0 Å². The number of nitrogens with two attached hydrogens (primary N) is 1. The van der Waals surface area contributed by atoms with Crippen molar-refractivity contribution in [3.05, 3.63) is 59.7 Å². The molecule has 0 amide bonds. The van der Waals surface area contributed by atoms with Gasteiger partial charge in [0, 0.05) is 44.1 Å². The van der Waals surface area contributed by atoms with Crippen LogP contribution in [0.15, 0.2) is 48.5 Å². The lowest BCUT2D eigenvalue weighted by atomic mass is 10.1. The Morgan fingerprint density at radius 2 is 1.52 bits per heavy atom. The number of piperazine rings is 1. The number of para-hydroxylation sites is 2. The summed E-state index contributed by atoms with van der Waals surface area (Å²) in [4.78, 5) is 4.94. The van der Waals surface area contributed by atoms with Crippen molar-refractivity contribution in [1.82, 2.24) is 0 Å². The van der Waals surface area contributed by atoms with Gasteiger partial charge in [-0.05, 0) is 30.2 Å². The Bertz CT molecular complexity index is 587. The summed E-state index contributed by atoms with van der Waals surface area (Å²) in [5, 5.41) is 0. The summed E-state index contributed by atoms with van der Waals surface area (Å²) in [5.74, 6) is 0. The highest BCUT2D eigenvalue weighted by atomic mass is 15.3. The van der Waals surface area contributed by atoms with E-state index < -0.39 is 0 Å². The summed E-state index contributed by atoms with van der Waals surface area (Å²) in [6.07, 6.45) is 0. The van der Waals surface area contributed by atoms with Gasteiger partial charge in [-0.25, -0.2) is 0 Å². The normalized spacial score (nSPS) is 15.3. The molecule has 3 heteroatoms. The Kier molecular flexibility index (Phi) is 4.11. The van der Waals surface area contributed by atoms with Gasteiger partial charge in [0.15, 0.2) is 0 Å². The molecule has 1 aliphatic rings. The number of rotatable bonds is 3. The fourth-order valence-corrected chi connectivity index (χ4v) is 3.16. The maximum atomic E-state index is 5.91. The first-order valence-electron chi connectivity index (χ1n) is 7.63. The van der Waals surface area contributed by atoms with Gasteiger partial charge in [-0.15, -0.1) is 0 Å². The highest BCUT2D eigenvalue weighted by Gasteiger charge is 2.20. The molecule has 0 saturated carbocycles. The first kappa shape index (κ1) is 14.0. The standard InChI is InChI=1S/C18H23N3/c1-15-6-5-7-16(14-19)18(15)21-12-10-20(11-13-21)17-8-3-2-4-9-17/h2-9H,10-14,19H2,1H3. The SMILES string of the molecule is Cc1cccc(CN)c1N1CCN(c2ccccc2)CC1. The van der Waals surface area contributed by atoms with Crippen LogP contribution in [0.1, 0.15) is 11.1 Å². The lowest BCUT2D eigenvalue weighted by molar-refractivity contribution is 0.650. The average molecular weight is 281 g/mol. The lowest BCUT2D eigenvalue weighted by Gasteiger charge is -2.38. The molecule has 0 atom stereocenters. The lowest BCUT2D eigenvalue weighted by Crippen LogP contribution is -2.47. The molecule has 2 aromatic rings. The van der Waals surface area contributed by atoms with Crippen LogP contribution in [0, 0.1) is 6.92 Å². The predicted octanol–water partition coefficient (Wildman–Crippen LogP) is 2.78. The molecule has 3 rings (SSSR count). The van der Waals surface area contributed by atoms with Crippen molar-refractivity contribution in [1.29, 1.82) is 0 Å². The minimum absolute atomic E-state index is 0.607. The monoisotopic (exact) mass is 281 g/mol. The van der Waals surface area contributed by atoms with E-state index in [0.717, 1.165) is 26.2 Å². The molecule has 1 heterocycles. The summed E-state index contributed by atoms with van der Waals surface area (Å²) in [5.41, 5.74) is 11.1. The molecule has 3 nitrogen and oxygen atoms in total. The van der Waals surface area contributed by atoms with Crippen LogP contribution in [0.3, 0.4) is 0 Å². The number of benzene rings is 2. The fourth-order valence-electron chi connectivity index (χ4n) is 3.16. The average Bonchev–Trinajstić information content (AvgIpc) is 2.55. The third-order valence-electron chi connectivity index (χ3n) is 4.26. The highest BCUT2D eigenvalue weighted by molar-refractivity contribution is 5.60. The maximum absolute atomic E-state index is 5.91. The summed E-state index contributed by atoms with van der Waals surface area (Å²) in [6.45, 7) is 7.00. The van der Waals surface area contributed by atoms with Crippen molar-refractivity contribution in [2.75, 3.05) is 36.0 Å². The largest absolute Gasteiger partial charge is 0.368 e. The molecule has 0 radical (unpaired) electrons. The molecule has 2 aromatic carbocycles. The van der Waals surface area contributed by atoms with Gasteiger partial charge in [-0.1, -0.05) is 36.4 Å². The van der Waals surface area contributed by atoms with E-state index in [4.69, 9.17) is 5.73 Å². The minimum atomic E-state index is 0.607. The van der Waals surface area contributed by atoms with Crippen LogP contribution in [0.2, 0.25) is 0 Å². The van der Waals surface area contributed by atoms with Gasteiger partial charge in [0.2, 0.25) is 0 Å². The van der Waals surface area contributed by atoms with Crippen molar-refractivity contribution in [3.8, 4) is 0 Å². The van der Waals surface area contributed by atoms with Crippen LogP contribution in [0.5, 0.6) is 0 Å². The van der Waals surface area contributed by atoms with Gasteiger partial charge in [0.25, 0.3) is 0 Å². The van der Waals surface area contributed by atoms with Gasteiger partial charge in [-0.3, -0.25) is 0 Å². The number of hydrogen-bond donors (Lipinski definition) is 1. The number of nitrogens with zero attached hydrogens (tertiary/aromatic N) is 2. The topological polar surface area (TPSA) is 32.5 Å². The summed E-state index contributed by atoms with van der Waals surface area (Å²) in [7, 11) is 0. The van der Waals surface area contributed by atoms with E-state index in [-0.39, 0.29) is 0 Å². The van der Waals surface area contributed by atoms with Crippen molar-refractivity contribution in [2.24, 2.45) is 5.73 Å². The highest BCUT2D eigenvalue weighted by Crippen LogP contribution is 2.27. The van der Waals surface area contributed by atoms with E-state index in [0.29, 0.717) is 6.54 Å². The molecule has 2 N–H and O–H groups in total. The quantitative estimate of drug-likeness (QED) is 0.939. The maximum Gasteiger partial charge on any atom is 0.0442 e. The molecule has 21 heavy (non-hydrogen) atoms. The van der Waals surface area contributed by atoms with Crippen molar-refractivity contribution >= 4 is 11.4 Å². The molecule has 0 bridgehead atoms. The first-order chi connectivity index (χ1) is 10.3. The Balaban J connectivity index is 1.75. The Hall–Kier alpha value is -2.00. The molecule has 0 aromatic heterocycles. The van der Waals surface area contributed by atoms with Gasteiger partial charge in [0.1, 0.15) is 0 Å². The third-order valence-corrected chi connectivity index (χ3v) is 4.26. The summed E-state index contributed by atoms with van der Waals surface area (Å²) in [6, 6.07) is 17.1. The van der Waals surface area contributed by atoms with Crippen molar-refractivity contribution in [3.63, 3.8) is 0 Å². The zero-order valence-corrected chi connectivity index (χ0v) is 12.6. The molecule has 1 fully saturated rings. The predicted molar refractivity (Wildman–Crippen MR) is 89.9 cm³/mol. The van der Waals surface area contributed by atoms with Crippen LogP contribution < -0.4 is 15.5 Å². The van der Waals surface area contributed by atoms with Gasteiger partial charge < -0.3 is 15.5 Å². The fraction of sp³-hybridized carbons (Fsp3) is 0.333. The Labute approximate surface area is 127 Å². The molecule has 1 aliphatic heterocycles. The van der Waals surface area contributed by atoms with Crippen LogP contribution in [-0.2, 0) is 6.54 Å². The molecular weight excluding hydrogens is 258 g/mol. The minimum Gasteiger partial charge on any atom is -0.368 e. The van der Waals surface area contributed by atoms with Crippen LogP contribution in [0.4, 0.5) is 11.4 Å². The smallest absolute Gasteiger partial charge is 0.0442 e. The first-order valence-corrected chi connectivity index (χ1v) is 7.63. The van der Waals surface area contributed by atoms with Gasteiger partial charge >= 0.3 is 0 Å². The summed E-state index contributed by atoms with van der Waals surface area (Å²) < 4.78 is 0. The Morgan fingerprint density at radius 1 is 0.857 bits per heavy atom. The second-order valence-electron chi connectivity index (χ2n) is 5.60. The molecule has 110 valence electrons. The second kappa shape index (κ2) is 6.19. The Morgan fingerprint density at radius 3 is 2.19 bits per heavy atom. The number of aryl methyl sites for hydroxylation is 1. The van der Waals surface area contributed by atoms with E-state index >= 15 is 0 Å². The van der Waals surface area contributed by atoms with E-state index in [2.05, 4.69) is 65.3 Å². The van der Waals surface area contributed by atoms with E-state index in [1.165, 1.54) is 22.5 Å². The third kappa shape index (κ3) is 2.88. The van der Waals surface area contributed by atoms with Crippen molar-refractivity contribution in [2.45, 2.75) is 13.5 Å². The molecule has 1 saturated heterocycles. The van der Waals surface area contributed by atoms with Crippen molar-refractivity contribution < 1.29 is 0 Å².